The Kier molecular flexibility index (Phi) is 11.2. The van der Waals surface area contributed by atoms with Gasteiger partial charge in [0.15, 0.2) is 0 Å². The third-order valence-corrected chi connectivity index (χ3v) is 6.57. The highest BCUT2D eigenvalue weighted by atomic mass is 32.1. The fourth-order valence-electron chi connectivity index (χ4n) is 3.52. The average molecular weight is 489 g/mol. The van der Waals surface area contributed by atoms with Gasteiger partial charge >= 0.3 is 5.97 Å². The minimum atomic E-state index is -0.745. The summed E-state index contributed by atoms with van der Waals surface area (Å²) in [6.45, 7) is 12.7. The van der Waals surface area contributed by atoms with E-state index in [0.717, 1.165) is 5.75 Å². The van der Waals surface area contributed by atoms with Crippen molar-refractivity contribution in [1.29, 1.82) is 0 Å². The van der Waals surface area contributed by atoms with E-state index in [0.29, 0.717) is 6.61 Å². The summed E-state index contributed by atoms with van der Waals surface area (Å²) in [6.07, 6.45) is 0.222. The van der Waals surface area contributed by atoms with Crippen LogP contribution in [0.15, 0.2) is 78.2 Å². The van der Waals surface area contributed by atoms with E-state index in [1.807, 2.05) is 19.9 Å². The Morgan fingerprint density at radius 1 is 0.886 bits per heavy atom. The number of aryl methyl sites for hydroxylation is 1. The number of benzene rings is 3. The summed E-state index contributed by atoms with van der Waals surface area (Å²) in [6, 6.07) is 25.4. The first-order chi connectivity index (χ1) is 16.9. The molecule has 0 saturated heterocycles. The molecular formula is C31H36O3S. The Morgan fingerprint density at radius 2 is 1.46 bits per heavy atom. The molecule has 0 aliphatic heterocycles. The zero-order chi connectivity index (χ0) is 25.8. The molecule has 3 aromatic carbocycles. The first kappa shape index (κ1) is 27.9. The van der Waals surface area contributed by atoms with Crippen molar-refractivity contribution < 1.29 is 14.6 Å². The number of carboxylic acid groups (broad SMARTS) is 1. The second kappa shape index (κ2) is 14.1. The summed E-state index contributed by atoms with van der Waals surface area (Å²) in [4.78, 5) is 10.6. The lowest BCUT2D eigenvalue weighted by atomic mass is 9.94. The highest BCUT2D eigenvalue weighted by Crippen LogP contribution is 2.44. The van der Waals surface area contributed by atoms with Crippen LogP contribution in [0.1, 0.15) is 49.4 Å². The summed E-state index contributed by atoms with van der Waals surface area (Å²) in [7, 11) is 0. The summed E-state index contributed by atoms with van der Waals surface area (Å²) in [5.74, 6) is 0.217. The number of carbonyl (C=O) groups is 1. The van der Waals surface area contributed by atoms with Crippen molar-refractivity contribution in [3.05, 3.63) is 100 Å². The number of rotatable bonds is 6. The topological polar surface area (TPSA) is 46.5 Å². The van der Waals surface area contributed by atoms with E-state index >= 15 is 0 Å². The van der Waals surface area contributed by atoms with Gasteiger partial charge in [0.1, 0.15) is 12.4 Å². The third kappa shape index (κ3) is 7.56. The number of hydrogen-bond acceptors (Lipinski definition) is 3. The van der Waals surface area contributed by atoms with Crippen LogP contribution in [0, 0.1) is 20.8 Å². The van der Waals surface area contributed by atoms with Crippen molar-refractivity contribution >= 4 is 17.3 Å². The number of carboxylic acids is 1. The van der Waals surface area contributed by atoms with Gasteiger partial charge in [-0.2, -0.15) is 0 Å². The number of hydrogen-bond donors (Lipinski definition) is 1. The summed E-state index contributed by atoms with van der Waals surface area (Å²) in [5.41, 5.74) is 8.79. The molecule has 0 fully saturated rings. The molecule has 35 heavy (non-hydrogen) atoms. The van der Waals surface area contributed by atoms with Gasteiger partial charge in [0, 0.05) is 22.4 Å². The zero-order valence-corrected chi connectivity index (χ0v) is 22.4. The summed E-state index contributed by atoms with van der Waals surface area (Å²) < 4.78 is 6.36. The molecule has 0 amide bonds. The Hall–Kier alpha value is -3.37. The van der Waals surface area contributed by atoms with Gasteiger partial charge in [-0.15, -0.1) is 11.3 Å². The molecule has 184 valence electrons. The zero-order valence-electron chi connectivity index (χ0n) is 21.6. The Labute approximate surface area is 214 Å². The fourth-order valence-corrected chi connectivity index (χ4v) is 4.55. The van der Waals surface area contributed by atoms with Crippen LogP contribution in [0.2, 0.25) is 0 Å². The molecule has 3 nitrogen and oxygen atoms in total. The van der Waals surface area contributed by atoms with Crippen LogP contribution >= 0.6 is 11.3 Å². The van der Waals surface area contributed by atoms with E-state index in [1.165, 1.54) is 43.8 Å². The van der Waals surface area contributed by atoms with E-state index in [4.69, 9.17) is 9.84 Å². The van der Waals surface area contributed by atoms with Crippen molar-refractivity contribution in [3.8, 4) is 27.3 Å². The van der Waals surface area contributed by atoms with E-state index in [2.05, 4.69) is 92.9 Å². The molecule has 0 aliphatic carbocycles. The molecule has 0 aliphatic rings. The minimum Gasteiger partial charge on any atom is -0.488 e. The van der Waals surface area contributed by atoms with Gasteiger partial charge in [0.05, 0.1) is 0 Å². The van der Waals surface area contributed by atoms with Crippen molar-refractivity contribution in [1.82, 2.24) is 0 Å². The van der Waals surface area contributed by atoms with Gasteiger partial charge in [-0.3, -0.25) is 4.79 Å². The van der Waals surface area contributed by atoms with Crippen LogP contribution < -0.4 is 4.74 Å². The maximum atomic E-state index is 9.37. The van der Waals surface area contributed by atoms with E-state index < -0.39 is 5.97 Å². The Morgan fingerprint density at radius 3 is 2.03 bits per heavy atom. The van der Waals surface area contributed by atoms with Gasteiger partial charge in [-0.1, -0.05) is 81.4 Å². The number of ether oxygens (including phenoxy) is 1. The van der Waals surface area contributed by atoms with E-state index in [-0.39, 0.29) is 6.42 Å². The molecule has 1 heterocycles. The molecule has 1 aromatic heterocycles. The van der Waals surface area contributed by atoms with Crippen LogP contribution in [0.3, 0.4) is 0 Å². The lowest BCUT2D eigenvalue weighted by Crippen LogP contribution is -2.00. The van der Waals surface area contributed by atoms with Crippen molar-refractivity contribution in [2.24, 2.45) is 0 Å². The lowest BCUT2D eigenvalue weighted by molar-refractivity contribution is -0.136. The maximum absolute atomic E-state index is 9.37. The standard InChI is InChI=1S/C26H24OS.C3H6O2.C2H6/c1-18-16-24(27-17-21-10-6-4-7-11-21)25(20(3)19(18)2)26-23(14-15-28-26)22-12-8-5-9-13-22;1-2-3(4)5;1-2/h4-16H,17H2,1-3H3;2H2,1H3,(H,4,5);1-2H3. The second-order valence-corrected chi connectivity index (χ2v) is 8.78. The minimum absolute atomic E-state index is 0.222. The molecule has 4 heteroatoms. The van der Waals surface area contributed by atoms with E-state index in [9.17, 15) is 4.79 Å². The van der Waals surface area contributed by atoms with Gasteiger partial charge in [0.25, 0.3) is 0 Å². The molecular weight excluding hydrogens is 452 g/mol. The van der Waals surface area contributed by atoms with Crippen LogP contribution in [0.4, 0.5) is 0 Å². The van der Waals surface area contributed by atoms with Crippen molar-refractivity contribution in [2.75, 3.05) is 0 Å². The van der Waals surface area contributed by atoms with Gasteiger partial charge < -0.3 is 9.84 Å². The predicted octanol–water partition coefficient (Wildman–Crippen LogP) is 9.09. The monoisotopic (exact) mass is 488 g/mol. The van der Waals surface area contributed by atoms with Crippen LogP contribution in [-0.2, 0) is 11.4 Å². The molecule has 0 bridgehead atoms. The van der Waals surface area contributed by atoms with Crippen LogP contribution in [-0.4, -0.2) is 11.1 Å². The molecule has 1 N–H and O–H groups in total. The van der Waals surface area contributed by atoms with Gasteiger partial charge in [-0.25, -0.2) is 0 Å². The van der Waals surface area contributed by atoms with Gasteiger partial charge in [-0.05, 0) is 66.1 Å². The maximum Gasteiger partial charge on any atom is 0.303 e. The van der Waals surface area contributed by atoms with Crippen LogP contribution in [0.5, 0.6) is 5.75 Å². The second-order valence-electron chi connectivity index (χ2n) is 7.87. The highest BCUT2D eigenvalue weighted by Gasteiger charge is 2.19. The van der Waals surface area contributed by atoms with Gasteiger partial charge in [0.2, 0.25) is 0 Å². The first-order valence-corrected chi connectivity index (χ1v) is 12.9. The quantitative estimate of drug-likeness (QED) is 0.294. The largest absolute Gasteiger partial charge is 0.488 e. The lowest BCUT2D eigenvalue weighted by Gasteiger charge is -2.18. The number of thiophene rings is 1. The predicted molar refractivity (Wildman–Crippen MR) is 149 cm³/mol. The number of aliphatic carboxylic acids is 1. The Balaban J connectivity index is 0.000000551. The SMILES string of the molecule is CC.CCC(=O)O.Cc1cc(OCc2ccccc2)c(-c2sccc2-c2ccccc2)c(C)c1C. The molecule has 0 radical (unpaired) electrons. The van der Waals surface area contributed by atoms with Crippen molar-refractivity contribution in [3.63, 3.8) is 0 Å². The summed E-state index contributed by atoms with van der Waals surface area (Å²) >= 11 is 1.78. The van der Waals surface area contributed by atoms with Crippen LogP contribution in [0.25, 0.3) is 21.6 Å². The summed E-state index contributed by atoms with van der Waals surface area (Å²) in [5, 5.41) is 9.90. The average Bonchev–Trinajstić information content (AvgIpc) is 3.38. The third-order valence-electron chi connectivity index (χ3n) is 5.64. The molecule has 4 rings (SSSR count). The molecule has 0 atom stereocenters. The van der Waals surface area contributed by atoms with E-state index in [1.54, 1.807) is 18.3 Å². The molecule has 4 aromatic rings. The van der Waals surface area contributed by atoms with Crippen molar-refractivity contribution in [2.45, 2.75) is 54.6 Å². The fraction of sp³-hybridized carbons (Fsp3) is 0.258. The smallest absolute Gasteiger partial charge is 0.303 e. The first-order valence-electron chi connectivity index (χ1n) is 12.0. The highest BCUT2D eigenvalue weighted by molar-refractivity contribution is 7.14. The molecule has 0 saturated carbocycles. The Bertz CT molecular complexity index is 1190. The normalized spacial score (nSPS) is 9.89. The molecule has 0 unspecified atom stereocenters. The molecule has 0 spiro atoms.